The van der Waals surface area contributed by atoms with E-state index in [1.54, 1.807) is 7.11 Å². The second-order valence-corrected chi connectivity index (χ2v) is 6.71. The quantitative estimate of drug-likeness (QED) is 0.689. The van der Waals surface area contributed by atoms with E-state index in [0.717, 1.165) is 37.5 Å². The van der Waals surface area contributed by atoms with Gasteiger partial charge in [-0.15, -0.1) is 10.2 Å². The van der Waals surface area contributed by atoms with E-state index in [-0.39, 0.29) is 6.04 Å². The van der Waals surface area contributed by atoms with Crippen LogP contribution in [0.25, 0.3) is 11.5 Å². The van der Waals surface area contributed by atoms with Gasteiger partial charge in [-0.05, 0) is 43.3 Å². The standard InChI is InChI=1S/C21H24N4O2/c1-16(24-12-14-25(15-13-24)18-6-4-3-5-7-18)20-22-23-21(27-20)17-8-10-19(26-2)11-9-17/h3-11,16H,12-15H2,1-2H3/t16-/m1/s1. The highest BCUT2D eigenvalue weighted by atomic mass is 16.5. The second-order valence-electron chi connectivity index (χ2n) is 6.71. The van der Waals surface area contributed by atoms with Crippen LogP contribution in [0.1, 0.15) is 18.9 Å². The summed E-state index contributed by atoms with van der Waals surface area (Å²) in [6, 6.07) is 18.3. The van der Waals surface area contributed by atoms with Crippen LogP contribution in [-0.2, 0) is 0 Å². The summed E-state index contributed by atoms with van der Waals surface area (Å²) in [6.07, 6.45) is 0. The molecule has 1 atom stereocenters. The third-order valence-corrected chi connectivity index (χ3v) is 5.12. The normalized spacial score (nSPS) is 16.3. The van der Waals surface area contributed by atoms with Crippen LogP contribution in [0.3, 0.4) is 0 Å². The lowest BCUT2D eigenvalue weighted by molar-refractivity contribution is 0.174. The van der Waals surface area contributed by atoms with Crippen molar-refractivity contribution in [1.82, 2.24) is 15.1 Å². The van der Waals surface area contributed by atoms with E-state index in [1.807, 2.05) is 24.3 Å². The predicted octanol–water partition coefficient (Wildman–Crippen LogP) is 3.63. The molecule has 140 valence electrons. The summed E-state index contributed by atoms with van der Waals surface area (Å²) in [7, 11) is 1.65. The second kappa shape index (κ2) is 7.80. The molecule has 0 unspecified atom stereocenters. The number of piperazine rings is 1. The third-order valence-electron chi connectivity index (χ3n) is 5.12. The smallest absolute Gasteiger partial charge is 0.247 e. The first-order chi connectivity index (χ1) is 13.2. The summed E-state index contributed by atoms with van der Waals surface area (Å²) in [5, 5.41) is 8.51. The lowest BCUT2D eigenvalue weighted by Gasteiger charge is -2.38. The lowest BCUT2D eigenvalue weighted by atomic mass is 10.2. The molecule has 1 aliphatic rings. The van der Waals surface area contributed by atoms with Crippen molar-refractivity contribution in [2.45, 2.75) is 13.0 Å². The molecule has 1 fully saturated rings. The van der Waals surface area contributed by atoms with Gasteiger partial charge in [0.05, 0.1) is 13.2 Å². The minimum Gasteiger partial charge on any atom is -0.497 e. The molecule has 0 radical (unpaired) electrons. The molecule has 1 saturated heterocycles. The average Bonchev–Trinajstić information content (AvgIpc) is 3.24. The summed E-state index contributed by atoms with van der Waals surface area (Å²) in [4.78, 5) is 4.81. The fourth-order valence-electron chi connectivity index (χ4n) is 3.42. The zero-order chi connectivity index (χ0) is 18.6. The van der Waals surface area contributed by atoms with Gasteiger partial charge >= 0.3 is 0 Å². The van der Waals surface area contributed by atoms with Crippen LogP contribution in [0.5, 0.6) is 5.75 Å². The van der Waals surface area contributed by atoms with E-state index >= 15 is 0 Å². The molecule has 6 heteroatoms. The molecule has 0 aliphatic carbocycles. The number of ether oxygens (including phenoxy) is 1. The van der Waals surface area contributed by atoms with Crippen molar-refractivity contribution in [1.29, 1.82) is 0 Å². The van der Waals surface area contributed by atoms with Gasteiger partial charge in [0.15, 0.2) is 0 Å². The molecule has 0 bridgehead atoms. The number of rotatable bonds is 5. The summed E-state index contributed by atoms with van der Waals surface area (Å²) in [5.41, 5.74) is 2.18. The molecule has 6 nitrogen and oxygen atoms in total. The number of anilines is 1. The van der Waals surface area contributed by atoms with Crippen molar-refractivity contribution in [3.8, 4) is 17.2 Å². The minimum atomic E-state index is 0.0995. The first-order valence-corrected chi connectivity index (χ1v) is 9.26. The molecule has 3 aromatic rings. The molecule has 27 heavy (non-hydrogen) atoms. The maximum absolute atomic E-state index is 5.95. The van der Waals surface area contributed by atoms with Gasteiger partial charge in [0, 0.05) is 37.4 Å². The van der Waals surface area contributed by atoms with Crippen molar-refractivity contribution < 1.29 is 9.15 Å². The van der Waals surface area contributed by atoms with E-state index < -0.39 is 0 Å². The minimum absolute atomic E-state index is 0.0995. The molecule has 1 aliphatic heterocycles. The van der Waals surface area contributed by atoms with E-state index in [4.69, 9.17) is 9.15 Å². The lowest BCUT2D eigenvalue weighted by Crippen LogP contribution is -2.47. The maximum atomic E-state index is 5.95. The topological polar surface area (TPSA) is 54.6 Å². The summed E-state index contributed by atoms with van der Waals surface area (Å²) in [5.74, 6) is 2.01. The molecular weight excluding hydrogens is 340 g/mol. The SMILES string of the molecule is COc1ccc(-c2nnc([C@@H](C)N3CCN(c4ccccc4)CC3)o2)cc1. The zero-order valence-corrected chi connectivity index (χ0v) is 15.7. The first kappa shape index (κ1) is 17.5. The number of benzene rings is 2. The first-order valence-electron chi connectivity index (χ1n) is 9.26. The molecule has 1 aromatic heterocycles. The van der Waals surface area contributed by atoms with Gasteiger partial charge in [-0.3, -0.25) is 4.90 Å². The van der Waals surface area contributed by atoms with Crippen molar-refractivity contribution >= 4 is 5.69 Å². The highest BCUT2D eigenvalue weighted by Crippen LogP contribution is 2.26. The number of hydrogen-bond donors (Lipinski definition) is 0. The van der Waals surface area contributed by atoms with Crippen LogP contribution in [0.2, 0.25) is 0 Å². The summed E-state index contributed by atoms with van der Waals surface area (Å²) in [6.45, 7) is 6.05. The molecule has 0 N–H and O–H groups in total. The van der Waals surface area contributed by atoms with E-state index in [2.05, 4.69) is 57.3 Å². The monoisotopic (exact) mass is 364 g/mol. The number of aromatic nitrogens is 2. The maximum Gasteiger partial charge on any atom is 0.247 e. The van der Waals surface area contributed by atoms with Crippen molar-refractivity contribution in [2.24, 2.45) is 0 Å². The van der Waals surface area contributed by atoms with Gasteiger partial charge in [0.2, 0.25) is 11.8 Å². The Morgan fingerprint density at radius 2 is 1.63 bits per heavy atom. The van der Waals surface area contributed by atoms with Gasteiger partial charge in [-0.25, -0.2) is 0 Å². The van der Waals surface area contributed by atoms with Crippen molar-refractivity contribution in [3.63, 3.8) is 0 Å². The molecular formula is C21H24N4O2. The van der Waals surface area contributed by atoms with Crippen LogP contribution in [-0.4, -0.2) is 48.4 Å². The fraction of sp³-hybridized carbons (Fsp3) is 0.333. The van der Waals surface area contributed by atoms with E-state index in [1.165, 1.54) is 5.69 Å². The van der Waals surface area contributed by atoms with Crippen LogP contribution in [0, 0.1) is 0 Å². The zero-order valence-electron chi connectivity index (χ0n) is 15.7. The molecule has 2 aromatic carbocycles. The number of para-hydroxylation sites is 1. The van der Waals surface area contributed by atoms with Crippen molar-refractivity contribution in [3.05, 3.63) is 60.5 Å². The van der Waals surface area contributed by atoms with Gasteiger partial charge in [-0.1, -0.05) is 18.2 Å². The number of hydrogen-bond acceptors (Lipinski definition) is 6. The van der Waals surface area contributed by atoms with Crippen LogP contribution in [0.4, 0.5) is 5.69 Å². The van der Waals surface area contributed by atoms with Crippen molar-refractivity contribution in [2.75, 3.05) is 38.2 Å². The number of nitrogens with zero attached hydrogens (tertiary/aromatic N) is 4. The Labute approximate surface area is 159 Å². The predicted molar refractivity (Wildman–Crippen MR) is 105 cm³/mol. The Kier molecular flexibility index (Phi) is 5.07. The highest BCUT2D eigenvalue weighted by Gasteiger charge is 2.26. The third kappa shape index (κ3) is 3.80. The Balaban J connectivity index is 1.40. The molecule has 0 amide bonds. The molecule has 2 heterocycles. The Bertz CT molecular complexity index is 855. The van der Waals surface area contributed by atoms with Crippen LogP contribution >= 0.6 is 0 Å². The molecule has 4 rings (SSSR count). The summed E-state index contributed by atoms with van der Waals surface area (Å²) >= 11 is 0. The fourth-order valence-corrected chi connectivity index (χ4v) is 3.42. The van der Waals surface area contributed by atoms with Gasteiger partial charge in [0.1, 0.15) is 5.75 Å². The Morgan fingerprint density at radius 3 is 2.30 bits per heavy atom. The van der Waals surface area contributed by atoms with Gasteiger partial charge in [-0.2, -0.15) is 0 Å². The Morgan fingerprint density at radius 1 is 0.926 bits per heavy atom. The highest BCUT2D eigenvalue weighted by molar-refractivity contribution is 5.54. The largest absolute Gasteiger partial charge is 0.497 e. The van der Waals surface area contributed by atoms with Crippen LogP contribution in [0.15, 0.2) is 59.0 Å². The van der Waals surface area contributed by atoms with E-state index in [9.17, 15) is 0 Å². The van der Waals surface area contributed by atoms with E-state index in [0.29, 0.717) is 11.8 Å². The van der Waals surface area contributed by atoms with Gasteiger partial charge in [0.25, 0.3) is 0 Å². The molecule has 0 saturated carbocycles. The average molecular weight is 364 g/mol. The molecule has 0 spiro atoms. The Hall–Kier alpha value is -2.86. The van der Waals surface area contributed by atoms with Crippen LogP contribution < -0.4 is 9.64 Å². The number of methoxy groups -OCH3 is 1. The van der Waals surface area contributed by atoms with Gasteiger partial charge < -0.3 is 14.1 Å². The summed E-state index contributed by atoms with van der Waals surface area (Å²) < 4.78 is 11.1.